The van der Waals surface area contributed by atoms with E-state index in [2.05, 4.69) is 25.7 Å². The van der Waals surface area contributed by atoms with E-state index in [4.69, 9.17) is 23.2 Å². The molecule has 0 fully saturated rings. The highest BCUT2D eigenvalue weighted by atomic mass is 35.5. The van der Waals surface area contributed by atoms with Crippen LogP contribution in [-0.2, 0) is 0 Å². The fraction of sp³-hybridized carbons (Fsp3) is 0.500. The van der Waals surface area contributed by atoms with Gasteiger partial charge in [0.2, 0.25) is 0 Å². The predicted molar refractivity (Wildman–Crippen MR) is 74.8 cm³/mol. The SMILES string of the molecule is C=C(CC)CC(NCC)c1cc(Cl)sc1Cl. The van der Waals surface area contributed by atoms with Gasteiger partial charge in [0.15, 0.2) is 0 Å². The van der Waals surface area contributed by atoms with Crippen molar-refractivity contribution in [2.45, 2.75) is 32.7 Å². The Bertz CT molecular complexity index is 360. The van der Waals surface area contributed by atoms with E-state index in [1.54, 1.807) is 0 Å². The molecule has 0 saturated carbocycles. The van der Waals surface area contributed by atoms with E-state index in [-0.39, 0.29) is 6.04 Å². The van der Waals surface area contributed by atoms with Crippen LogP contribution in [0.1, 0.15) is 38.3 Å². The minimum absolute atomic E-state index is 0.230. The number of thiophene rings is 1. The second-order valence-electron chi connectivity index (χ2n) is 3.70. The molecule has 16 heavy (non-hydrogen) atoms. The van der Waals surface area contributed by atoms with E-state index in [1.165, 1.54) is 16.9 Å². The molecule has 1 heterocycles. The van der Waals surface area contributed by atoms with Gasteiger partial charge in [0, 0.05) is 11.6 Å². The Balaban J connectivity index is 2.84. The maximum Gasteiger partial charge on any atom is 0.0992 e. The molecule has 1 aromatic heterocycles. The number of rotatable bonds is 6. The van der Waals surface area contributed by atoms with Crippen molar-refractivity contribution < 1.29 is 0 Å². The average molecular weight is 278 g/mol. The van der Waals surface area contributed by atoms with Crippen LogP contribution < -0.4 is 5.32 Å². The molecule has 0 aliphatic carbocycles. The third-order valence-electron chi connectivity index (χ3n) is 2.50. The lowest BCUT2D eigenvalue weighted by atomic mass is 10.0. The minimum Gasteiger partial charge on any atom is -0.310 e. The van der Waals surface area contributed by atoms with Gasteiger partial charge in [0.1, 0.15) is 0 Å². The summed E-state index contributed by atoms with van der Waals surface area (Å²) >= 11 is 13.6. The van der Waals surface area contributed by atoms with E-state index in [1.807, 2.05) is 6.07 Å². The summed E-state index contributed by atoms with van der Waals surface area (Å²) in [7, 11) is 0. The Kier molecular flexibility index (Phi) is 5.84. The lowest BCUT2D eigenvalue weighted by Crippen LogP contribution is -2.21. The lowest BCUT2D eigenvalue weighted by molar-refractivity contribution is 0.544. The number of hydrogen-bond donors (Lipinski definition) is 1. The quantitative estimate of drug-likeness (QED) is 0.717. The Labute approximate surface area is 111 Å². The summed E-state index contributed by atoms with van der Waals surface area (Å²) in [5, 5.41) is 3.42. The lowest BCUT2D eigenvalue weighted by Gasteiger charge is -2.18. The van der Waals surface area contributed by atoms with Crippen LogP contribution in [0.2, 0.25) is 8.67 Å². The van der Waals surface area contributed by atoms with Crippen LogP contribution in [-0.4, -0.2) is 6.54 Å². The van der Waals surface area contributed by atoms with E-state index < -0.39 is 0 Å². The van der Waals surface area contributed by atoms with Crippen molar-refractivity contribution in [1.29, 1.82) is 0 Å². The van der Waals surface area contributed by atoms with Gasteiger partial charge in [-0.15, -0.1) is 11.3 Å². The molecular weight excluding hydrogens is 261 g/mol. The molecule has 1 aromatic rings. The van der Waals surface area contributed by atoms with Crippen LogP contribution >= 0.6 is 34.5 Å². The van der Waals surface area contributed by atoms with Crippen LogP contribution in [0.4, 0.5) is 0 Å². The van der Waals surface area contributed by atoms with E-state index in [0.717, 1.165) is 33.6 Å². The zero-order chi connectivity index (χ0) is 12.1. The molecule has 0 aromatic carbocycles. The topological polar surface area (TPSA) is 12.0 Å². The Morgan fingerprint density at radius 2 is 2.19 bits per heavy atom. The molecule has 4 heteroatoms. The van der Waals surface area contributed by atoms with Crippen LogP contribution in [0.3, 0.4) is 0 Å². The monoisotopic (exact) mass is 277 g/mol. The highest BCUT2D eigenvalue weighted by molar-refractivity contribution is 7.20. The summed E-state index contributed by atoms with van der Waals surface area (Å²) in [6.45, 7) is 9.16. The molecule has 1 unspecified atom stereocenters. The van der Waals surface area contributed by atoms with Gasteiger partial charge in [0.05, 0.1) is 8.67 Å². The van der Waals surface area contributed by atoms with Gasteiger partial charge in [-0.2, -0.15) is 0 Å². The summed E-state index contributed by atoms with van der Waals surface area (Å²) in [5.41, 5.74) is 2.32. The van der Waals surface area contributed by atoms with Gasteiger partial charge in [-0.05, 0) is 25.5 Å². The fourth-order valence-corrected chi connectivity index (χ4v) is 3.14. The Morgan fingerprint density at radius 1 is 1.50 bits per heavy atom. The van der Waals surface area contributed by atoms with Crippen molar-refractivity contribution in [3.63, 3.8) is 0 Å². The van der Waals surface area contributed by atoms with Crippen molar-refractivity contribution in [3.05, 3.63) is 32.5 Å². The van der Waals surface area contributed by atoms with Crippen molar-refractivity contribution in [2.75, 3.05) is 6.54 Å². The molecule has 0 spiro atoms. The van der Waals surface area contributed by atoms with E-state index >= 15 is 0 Å². The smallest absolute Gasteiger partial charge is 0.0992 e. The van der Waals surface area contributed by atoms with Crippen LogP contribution in [0.15, 0.2) is 18.2 Å². The molecule has 0 bridgehead atoms. The van der Waals surface area contributed by atoms with E-state index in [0.29, 0.717) is 0 Å². The van der Waals surface area contributed by atoms with Crippen molar-refractivity contribution in [2.24, 2.45) is 0 Å². The summed E-state index contributed by atoms with van der Waals surface area (Å²) in [4.78, 5) is 0. The fourth-order valence-electron chi connectivity index (χ4n) is 1.56. The van der Waals surface area contributed by atoms with Crippen LogP contribution in [0, 0.1) is 0 Å². The summed E-state index contributed by atoms with van der Waals surface area (Å²) in [6.07, 6.45) is 1.91. The molecule has 1 nitrogen and oxygen atoms in total. The van der Waals surface area contributed by atoms with Crippen LogP contribution in [0.25, 0.3) is 0 Å². The second kappa shape index (κ2) is 6.65. The van der Waals surface area contributed by atoms with E-state index in [9.17, 15) is 0 Å². The predicted octanol–water partition coefficient (Wildman–Crippen LogP) is 5.06. The standard InChI is InChI=1S/C12H17Cl2NS/c1-4-8(3)6-10(15-5-2)9-7-11(13)16-12(9)14/h7,10,15H,3-6H2,1-2H3. The molecule has 0 aliphatic rings. The number of hydrogen-bond acceptors (Lipinski definition) is 2. The summed E-state index contributed by atoms with van der Waals surface area (Å²) in [5.74, 6) is 0. The first-order chi connectivity index (χ1) is 7.58. The minimum atomic E-state index is 0.230. The van der Waals surface area contributed by atoms with Gasteiger partial charge in [-0.1, -0.05) is 49.2 Å². The zero-order valence-corrected chi connectivity index (χ0v) is 12.0. The van der Waals surface area contributed by atoms with Crippen LogP contribution in [0.5, 0.6) is 0 Å². The number of nitrogens with one attached hydrogen (secondary N) is 1. The molecule has 1 N–H and O–H groups in total. The Morgan fingerprint density at radius 3 is 2.62 bits per heavy atom. The Hall–Kier alpha value is -0.0200. The first kappa shape index (κ1) is 14.0. The molecule has 1 atom stereocenters. The van der Waals surface area contributed by atoms with Gasteiger partial charge in [-0.25, -0.2) is 0 Å². The maximum atomic E-state index is 6.17. The normalized spacial score (nSPS) is 12.8. The zero-order valence-electron chi connectivity index (χ0n) is 9.65. The molecule has 0 radical (unpaired) electrons. The molecule has 1 rings (SSSR count). The molecular formula is C12H17Cl2NS. The van der Waals surface area contributed by atoms with Gasteiger partial charge < -0.3 is 5.32 Å². The summed E-state index contributed by atoms with van der Waals surface area (Å²) < 4.78 is 1.52. The second-order valence-corrected chi connectivity index (χ2v) is 5.98. The van der Waals surface area contributed by atoms with Crippen molar-refractivity contribution in [1.82, 2.24) is 5.32 Å². The molecule has 90 valence electrons. The number of halogens is 2. The third-order valence-corrected chi connectivity index (χ3v) is 4.02. The van der Waals surface area contributed by atoms with Gasteiger partial charge in [-0.3, -0.25) is 0 Å². The largest absolute Gasteiger partial charge is 0.310 e. The first-order valence-corrected chi connectivity index (χ1v) is 7.00. The third kappa shape index (κ3) is 3.77. The van der Waals surface area contributed by atoms with Gasteiger partial charge in [0.25, 0.3) is 0 Å². The molecule has 0 amide bonds. The average Bonchev–Trinajstić information content (AvgIpc) is 2.57. The van der Waals surface area contributed by atoms with Gasteiger partial charge >= 0.3 is 0 Å². The van der Waals surface area contributed by atoms with Crippen molar-refractivity contribution >= 4 is 34.5 Å². The molecule has 0 saturated heterocycles. The summed E-state index contributed by atoms with van der Waals surface area (Å²) in [6, 6.07) is 2.18. The highest BCUT2D eigenvalue weighted by Gasteiger charge is 2.17. The first-order valence-electron chi connectivity index (χ1n) is 5.43. The molecule has 0 aliphatic heterocycles. The highest BCUT2D eigenvalue weighted by Crippen LogP contribution is 2.37. The maximum absolute atomic E-state index is 6.17. The van der Waals surface area contributed by atoms with Crippen molar-refractivity contribution in [3.8, 4) is 0 Å².